The minimum atomic E-state index is -1.21. The molecule has 0 fully saturated rings. The standard InChI is InChI=1S/C9H12N4O4/c10-7(14)4-12(6-9(16)17)8(15)5-13-3-1-2-11-13/h1-3H,4-6H2,(H2,10,14)(H,16,17). The van der Waals surface area contributed by atoms with Crippen LogP contribution in [-0.2, 0) is 20.9 Å². The minimum absolute atomic E-state index is 0.131. The van der Waals surface area contributed by atoms with Gasteiger partial charge in [0.25, 0.3) is 0 Å². The van der Waals surface area contributed by atoms with Crippen molar-refractivity contribution in [3.63, 3.8) is 0 Å². The maximum atomic E-state index is 11.7. The molecule has 0 bridgehead atoms. The number of primary amides is 1. The fourth-order valence-electron chi connectivity index (χ4n) is 1.22. The fourth-order valence-corrected chi connectivity index (χ4v) is 1.22. The number of hydrogen-bond donors (Lipinski definition) is 2. The summed E-state index contributed by atoms with van der Waals surface area (Å²) >= 11 is 0. The number of amides is 2. The van der Waals surface area contributed by atoms with Crippen molar-refractivity contribution in [1.82, 2.24) is 14.7 Å². The lowest BCUT2D eigenvalue weighted by atomic mass is 10.4. The zero-order chi connectivity index (χ0) is 12.8. The van der Waals surface area contributed by atoms with Crippen LogP contribution in [0.2, 0.25) is 0 Å². The van der Waals surface area contributed by atoms with Gasteiger partial charge in [0.1, 0.15) is 13.1 Å². The topological polar surface area (TPSA) is 119 Å². The first kappa shape index (κ1) is 12.7. The molecule has 1 heterocycles. The molecule has 2 amide bonds. The van der Waals surface area contributed by atoms with Crippen LogP contribution in [0.15, 0.2) is 18.5 Å². The molecule has 8 heteroatoms. The molecule has 0 aliphatic carbocycles. The maximum Gasteiger partial charge on any atom is 0.323 e. The van der Waals surface area contributed by atoms with Crippen LogP contribution in [0.3, 0.4) is 0 Å². The second kappa shape index (κ2) is 5.64. The number of nitrogens with zero attached hydrogens (tertiary/aromatic N) is 3. The van der Waals surface area contributed by atoms with Gasteiger partial charge in [-0.25, -0.2) is 0 Å². The van der Waals surface area contributed by atoms with Gasteiger partial charge in [-0.05, 0) is 6.07 Å². The Morgan fingerprint density at radius 2 is 2.06 bits per heavy atom. The lowest BCUT2D eigenvalue weighted by Crippen LogP contribution is -2.43. The van der Waals surface area contributed by atoms with E-state index >= 15 is 0 Å². The van der Waals surface area contributed by atoms with E-state index in [-0.39, 0.29) is 6.54 Å². The van der Waals surface area contributed by atoms with Gasteiger partial charge in [-0.1, -0.05) is 0 Å². The summed E-state index contributed by atoms with van der Waals surface area (Å²) in [4.78, 5) is 33.8. The van der Waals surface area contributed by atoms with Crippen molar-refractivity contribution in [2.45, 2.75) is 6.54 Å². The quantitative estimate of drug-likeness (QED) is 0.613. The Labute approximate surface area is 96.6 Å². The molecule has 1 rings (SSSR count). The highest BCUT2D eigenvalue weighted by atomic mass is 16.4. The number of carboxylic acid groups (broad SMARTS) is 1. The highest BCUT2D eigenvalue weighted by molar-refractivity contribution is 5.86. The number of hydrogen-bond acceptors (Lipinski definition) is 4. The molecule has 8 nitrogen and oxygen atoms in total. The van der Waals surface area contributed by atoms with Crippen molar-refractivity contribution in [1.29, 1.82) is 0 Å². The lowest BCUT2D eigenvalue weighted by molar-refractivity contribution is -0.146. The summed E-state index contributed by atoms with van der Waals surface area (Å²) < 4.78 is 1.33. The van der Waals surface area contributed by atoms with Crippen molar-refractivity contribution < 1.29 is 19.5 Å². The third kappa shape index (κ3) is 4.33. The van der Waals surface area contributed by atoms with Crippen LogP contribution < -0.4 is 5.73 Å². The predicted octanol–water partition coefficient (Wildman–Crippen LogP) is -1.72. The van der Waals surface area contributed by atoms with E-state index in [0.717, 1.165) is 4.90 Å². The summed E-state index contributed by atoms with van der Waals surface area (Å²) in [6.45, 7) is -1.12. The van der Waals surface area contributed by atoms with E-state index in [1.54, 1.807) is 12.3 Å². The van der Waals surface area contributed by atoms with Crippen LogP contribution in [0.25, 0.3) is 0 Å². The summed E-state index contributed by atoms with van der Waals surface area (Å²) in [6, 6.07) is 1.63. The van der Waals surface area contributed by atoms with Gasteiger partial charge in [0.2, 0.25) is 11.8 Å². The molecule has 0 unspecified atom stereocenters. The SMILES string of the molecule is NC(=O)CN(CC(=O)O)C(=O)Cn1cccn1. The summed E-state index contributed by atoms with van der Waals surface area (Å²) in [5, 5.41) is 12.4. The molecular formula is C9H12N4O4. The number of nitrogens with two attached hydrogens (primary N) is 1. The molecule has 1 aromatic heterocycles. The van der Waals surface area contributed by atoms with Crippen LogP contribution >= 0.6 is 0 Å². The first-order valence-corrected chi connectivity index (χ1v) is 4.74. The smallest absolute Gasteiger partial charge is 0.323 e. The normalized spacial score (nSPS) is 9.88. The summed E-state index contributed by atoms with van der Waals surface area (Å²) in [5.41, 5.74) is 4.93. The van der Waals surface area contributed by atoms with Crippen LogP contribution in [0.4, 0.5) is 0 Å². The number of carboxylic acids is 1. The third-order valence-electron chi connectivity index (χ3n) is 1.88. The van der Waals surface area contributed by atoms with Crippen molar-refractivity contribution in [2.24, 2.45) is 5.73 Å². The van der Waals surface area contributed by atoms with E-state index in [0.29, 0.717) is 0 Å². The maximum absolute atomic E-state index is 11.7. The Morgan fingerprint density at radius 1 is 1.35 bits per heavy atom. The first-order chi connectivity index (χ1) is 7.99. The molecule has 17 heavy (non-hydrogen) atoms. The van der Waals surface area contributed by atoms with E-state index in [1.807, 2.05) is 0 Å². The van der Waals surface area contributed by atoms with Gasteiger partial charge in [0.15, 0.2) is 0 Å². The molecule has 0 spiro atoms. The second-order valence-corrected chi connectivity index (χ2v) is 3.31. The van der Waals surface area contributed by atoms with Crippen LogP contribution in [0, 0.1) is 0 Å². The Balaban J connectivity index is 2.65. The minimum Gasteiger partial charge on any atom is -0.480 e. The van der Waals surface area contributed by atoms with Gasteiger partial charge in [0.05, 0.1) is 6.54 Å². The molecule has 0 aliphatic heterocycles. The monoisotopic (exact) mass is 240 g/mol. The largest absolute Gasteiger partial charge is 0.480 e. The first-order valence-electron chi connectivity index (χ1n) is 4.74. The van der Waals surface area contributed by atoms with Crippen molar-refractivity contribution in [3.8, 4) is 0 Å². The van der Waals surface area contributed by atoms with E-state index in [1.165, 1.54) is 10.9 Å². The van der Waals surface area contributed by atoms with E-state index < -0.39 is 30.9 Å². The highest BCUT2D eigenvalue weighted by Gasteiger charge is 2.18. The average molecular weight is 240 g/mol. The Kier molecular flexibility index (Phi) is 4.21. The number of aliphatic carboxylic acids is 1. The molecule has 0 saturated carbocycles. The number of rotatable bonds is 6. The summed E-state index contributed by atoms with van der Waals surface area (Å²) in [5.74, 6) is -2.50. The predicted molar refractivity (Wildman–Crippen MR) is 55.6 cm³/mol. The fraction of sp³-hybridized carbons (Fsp3) is 0.333. The zero-order valence-corrected chi connectivity index (χ0v) is 8.94. The van der Waals surface area contributed by atoms with Gasteiger partial charge in [-0.3, -0.25) is 19.1 Å². The molecule has 0 radical (unpaired) electrons. The van der Waals surface area contributed by atoms with Gasteiger partial charge < -0.3 is 15.7 Å². The summed E-state index contributed by atoms with van der Waals surface area (Å²) in [6.07, 6.45) is 3.05. The molecule has 0 aliphatic rings. The zero-order valence-electron chi connectivity index (χ0n) is 8.94. The van der Waals surface area contributed by atoms with Gasteiger partial charge in [0, 0.05) is 12.4 Å². The average Bonchev–Trinajstić information content (AvgIpc) is 2.67. The molecule has 92 valence electrons. The molecular weight excluding hydrogens is 228 g/mol. The third-order valence-corrected chi connectivity index (χ3v) is 1.88. The second-order valence-electron chi connectivity index (χ2n) is 3.31. The van der Waals surface area contributed by atoms with Crippen molar-refractivity contribution >= 4 is 17.8 Å². The Morgan fingerprint density at radius 3 is 2.53 bits per heavy atom. The van der Waals surface area contributed by atoms with Gasteiger partial charge in [-0.15, -0.1) is 0 Å². The molecule has 1 aromatic rings. The van der Waals surface area contributed by atoms with Crippen molar-refractivity contribution in [3.05, 3.63) is 18.5 Å². The van der Waals surface area contributed by atoms with Crippen LogP contribution in [0.5, 0.6) is 0 Å². The number of carbonyl (C=O) groups is 3. The Hall–Kier alpha value is -2.38. The lowest BCUT2D eigenvalue weighted by Gasteiger charge is -2.18. The molecule has 3 N–H and O–H groups in total. The van der Waals surface area contributed by atoms with Crippen LogP contribution in [0.1, 0.15) is 0 Å². The Bertz CT molecular complexity index is 399. The van der Waals surface area contributed by atoms with E-state index in [2.05, 4.69) is 5.10 Å². The molecule has 0 saturated heterocycles. The van der Waals surface area contributed by atoms with E-state index in [4.69, 9.17) is 10.8 Å². The summed E-state index contributed by atoms with van der Waals surface area (Å²) in [7, 11) is 0. The number of aromatic nitrogens is 2. The van der Waals surface area contributed by atoms with E-state index in [9.17, 15) is 14.4 Å². The van der Waals surface area contributed by atoms with Crippen molar-refractivity contribution in [2.75, 3.05) is 13.1 Å². The highest BCUT2D eigenvalue weighted by Crippen LogP contribution is 1.94. The number of carbonyl (C=O) groups excluding carboxylic acids is 2. The van der Waals surface area contributed by atoms with Crippen LogP contribution in [-0.4, -0.2) is 50.7 Å². The molecule has 0 atom stereocenters. The van der Waals surface area contributed by atoms with Gasteiger partial charge >= 0.3 is 5.97 Å². The molecule has 0 aromatic carbocycles. The van der Waals surface area contributed by atoms with Gasteiger partial charge in [-0.2, -0.15) is 5.10 Å².